The van der Waals surface area contributed by atoms with Gasteiger partial charge in [-0.3, -0.25) is 9.36 Å². The molecule has 36 heavy (non-hydrogen) atoms. The first kappa shape index (κ1) is 25.8. The predicted molar refractivity (Wildman–Crippen MR) is 138 cm³/mol. The van der Waals surface area contributed by atoms with Gasteiger partial charge >= 0.3 is 0 Å². The van der Waals surface area contributed by atoms with Gasteiger partial charge in [0.1, 0.15) is 17.3 Å². The van der Waals surface area contributed by atoms with E-state index < -0.39 is 0 Å². The molecular weight excluding hydrogens is 526 g/mol. The Morgan fingerprint density at radius 3 is 2.50 bits per heavy atom. The Morgan fingerprint density at radius 1 is 1.03 bits per heavy atom. The molecular formula is C25H21Cl2FN4O3S. The number of amides is 1. The van der Waals surface area contributed by atoms with Crippen LogP contribution < -0.4 is 14.8 Å². The number of nitrogens with zero attached hydrogens (tertiary/aromatic N) is 3. The van der Waals surface area contributed by atoms with Gasteiger partial charge in [-0.25, -0.2) is 4.39 Å². The van der Waals surface area contributed by atoms with E-state index in [-0.39, 0.29) is 18.3 Å². The van der Waals surface area contributed by atoms with Gasteiger partial charge in [-0.2, -0.15) is 0 Å². The molecule has 0 fully saturated rings. The molecule has 0 unspecified atom stereocenters. The Hall–Kier alpha value is -3.27. The van der Waals surface area contributed by atoms with Crippen LogP contribution in [-0.4, -0.2) is 34.9 Å². The van der Waals surface area contributed by atoms with E-state index >= 15 is 0 Å². The highest BCUT2D eigenvalue weighted by Crippen LogP contribution is 2.31. The summed E-state index contributed by atoms with van der Waals surface area (Å²) in [6, 6.07) is 16.3. The van der Waals surface area contributed by atoms with Gasteiger partial charge in [0.25, 0.3) is 5.91 Å². The van der Waals surface area contributed by atoms with Crippen LogP contribution >= 0.6 is 35.0 Å². The van der Waals surface area contributed by atoms with Crippen molar-refractivity contribution in [1.29, 1.82) is 0 Å². The molecule has 3 aromatic carbocycles. The van der Waals surface area contributed by atoms with Gasteiger partial charge in [-0.1, -0.05) is 47.1 Å². The first-order valence-electron chi connectivity index (χ1n) is 10.7. The smallest absolute Gasteiger partial charge is 0.255 e. The largest absolute Gasteiger partial charge is 0.497 e. The Balaban J connectivity index is 1.60. The van der Waals surface area contributed by atoms with Gasteiger partial charge in [0.2, 0.25) is 0 Å². The van der Waals surface area contributed by atoms with Crippen molar-refractivity contribution < 1.29 is 18.7 Å². The normalized spacial score (nSPS) is 10.8. The molecule has 186 valence electrons. The molecule has 1 aromatic heterocycles. The van der Waals surface area contributed by atoms with Crippen molar-refractivity contribution in [3.05, 3.63) is 93.5 Å². The second-order valence-corrected chi connectivity index (χ2v) is 9.28. The first-order valence-corrected chi connectivity index (χ1v) is 12.4. The van der Waals surface area contributed by atoms with E-state index in [1.54, 1.807) is 53.1 Å². The highest BCUT2D eigenvalue weighted by molar-refractivity contribution is 7.98. The van der Waals surface area contributed by atoms with Crippen LogP contribution in [0, 0.1) is 5.82 Å². The minimum Gasteiger partial charge on any atom is -0.497 e. The van der Waals surface area contributed by atoms with Crippen molar-refractivity contribution >= 4 is 40.9 Å². The molecule has 4 aromatic rings. The maximum atomic E-state index is 13.3. The van der Waals surface area contributed by atoms with Gasteiger partial charge in [-0.15, -0.1) is 10.2 Å². The highest BCUT2D eigenvalue weighted by atomic mass is 35.5. The molecule has 1 amide bonds. The number of methoxy groups -OCH3 is 2. The fourth-order valence-corrected chi connectivity index (χ4v) is 4.79. The van der Waals surface area contributed by atoms with Crippen LogP contribution in [0.5, 0.6) is 11.5 Å². The number of halogens is 3. The average molecular weight is 547 g/mol. The standard InChI is InChI=1S/C25H21Cl2FN4O3S/c1-34-18-8-9-19(22(12-18)35-2)24(33)29-13-23-30-31-25(36-14-15-3-6-17(28)7-4-15)32(23)21-10-5-16(26)11-20(21)27/h3-12H,13-14H2,1-2H3,(H,29,33). The molecule has 0 aliphatic carbocycles. The van der Waals surface area contributed by atoms with Gasteiger partial charge in [0.15, 0.2) is 11.0 Å². The molecule has 0 aliphatic rings. The summed E-state index contributed by atoms with van der Waals surface area (Å²) >= 11 is 14.0. The minimum atomic E-state index is -0.355. The number of ether oxygens (including phenoxy) is 2. The second-order valence-electron chi connectivity index (χ2n) is 7.49. The van der Waals surface area contributed by atoms with Crippen LogP contribution in [0.15, 0.2) is 65.8 Å². The number of aromatic nitrogens is 3. The molecule has 1 N–H and O–H groups in total. The van der Waals surface area contributed by atoms with Crippen molar-refractivity contribution in [3.63, 3.8) is 0 Å². The molecule has 7 nitrogen and oxygen atoms in total. The number of nitrogens with one attached hydrogen (secondary N) is 1. The van der Waals surface area contributed by atoms with E-state index in [1.807, 2.05) is 0 Å². The number of carbonyl (C=O) groups excluding carboxylic acids is 1. The van der Waals surface area contributed by atoms with E-state index in [4.69, 9.17) is 32.7 Å². The monoisotopic (exact) mass is 546 g/mol. The van der Waals surface area contributed by atoms with Gasteiger partial charge in [-0.05, 0) is 48.0 Å². The number of hydrogen-bond acceptors (Lipinski definition) is 6. The van der Waals surface area contributed by atoms with Crippen molar-refractivity contribution in [2.75, 3.05) is 14.2 Å². The summed E-state index contributed by atoms with van der Waals surface area (Å²) in [4.78, 5) is 12.9. The second kappa shape index (κ2) is 11.6. The fraction of sp³-hybridized carbons (Fsp3) is 0.160. The maximum absolute atomic E-state index is 13.3. The number of hydrogen-bond donors (Lipinski definition) is 1. The molecule has 0 saturated heterocycles. The Bertz CT molecular complexity index is 1380. The lowest BCUT2D eigenvalue weighted by Crippen LogP contribution is -2.25. The number of benzene rings is 3. The van der Waals surface area contributed by atoms with Crippen molar-refractivity contribution in [1.82, 2.24) is 20.1 Å². The van der Waals surface area contributed by atoms with Crippen LogP contribution in [0.3, 0.4) is 0 Å². The summed E-state index contributed by atoms with van der Waals surface area (Å²) in [5.41, 5.74) is 1.87. The lowest BCUT2D eigenvalue weighted by molar-refractivity contribution is 0.0946. The third-order valence-electron chi connectivity index (χ3n) is 5.19. The van der Waals surface area contributed by atoms with Crippen molar-refractivity contribution in [2.45, 2.75) is 17.5 Å². The molecule has 0 saturated carbocycles. The molecule has 1 heterocycles. The molecule has 0 radical (unpaired) electrons. The lowest BCUT2D eigenvalue weighted by Gasteiger charge is -2.14. The van der Waals surface area contributed by atoms with E-state index in [9.17, 15) is 9.18 Å². The van der Waals surface area contributed by atoms with E-state index in [2.05, 4.69) is 15.5 Å². The first-order chi connectivity index (χ1) is 17.4. The quantitative estimate of drug-likeness (QED) is 0.261. The molecule has 11 heteroatoms. The third-order valence-corrected chi connectivity index (χ3v) is 6.73. The predicted octanol–water partition coefficient (Wildman–Crippen LogP) is 5.95. The zero-order valence-electron chi connectivity index (χ0n) is 19.3. The van der Waals surface area contributed by atoms with Crippen LogP contribution in [0.4, 0.5) is 4.39 Å². The molecule has 4 rings (SSSR count). The lowest BCUT2D eigenvalue weighted by atomic mass is 10.1. The summed E-state index contributed by atoms with van der Waals surface area (Å²) in [5.74, 6) is 1.28. The van der Waals surface area contributed by atoms with E-state index in [1.165, 1.54) is 38.1 Å². The highest BCUT2D eigenvalue weighted by Gasteiger charge is 2.19. The Labute approximate surface area is 221 Å². The fourth-order valence-electron chi connectivity index (χ4n) is 3.38. The summed E-state index contributed by atoms with van der Waals surface area (Å²) in [6.45, 7) is 0.0665. The van der Waals surface area contributed by atoms with Gasteiger partial charge < -0.3 is 14.8 Å². The zero-order valence-corrected chi connectivity index (χ0v) is 21.6. The maximum Gasteiger partial charge on any atom is 0.255 e. The Morgan fingerprint density at radius 2 is 1.81 bits per heavy atom. The van der Waals surface area contributed by atoms with Crippen molar-refractivity contribution in [2.24, 2.45) is 0 Å². The van der Waals surface area contributed by atoms with Crippen LogP contribution in [-0.2, 0) is 12.3 Å². The van der Waals surface area contributed by atoms with Gasteiger partial charge in [0.05, 0.1) is 37.0 Å². The van der Waals surface area contributed by atoms with Crippen LogP contribution in [0.1, 0.15) is 21.7 Å². The topological polar surface area (TPSA) is 78.3 Å². The summed E-state index contributed by atoms with van der Waals surface area (Å²) in [7, 11) is 3.02. The summed E-state index contributed by atoms with van der Waals surface area (Å²) in [6.07, 6.45) is 0. The Kier molecular flexibility index (Phi) is 8.35. The van der Waals surface area contributed by atoms with Crippen molar-refractivity contribution in [3.8, 4) is 17.2 Å². The number of thioether (sulfide) groups is 1. The number of rotatable bonds is 9. The van der Waals surface area contributed by atoms with E-state index in [0.29, 0.717) is 49.5 Å². The molecule has 0 bridgehead atoms. The number of carbonyl (C=O) groups is 1. The summed E-state index contributed by atoms with van der Waals surface area (Å²) in [5, 5.41) is 12.9. The molecule has 0 atom stereocenters. The minimum absolute atomic E-state index is 0.0665. The SMILES string of the molecule is COc1ccc(C(=O)NCc2nnc(SCc3ccc(F)cc3)n2-c2ccc(Cl)cc2Cl)c(OC)c1. The van der Waals surface area contributed by atoms with Crippen LogP contribution in [0.2, 0.25) is 10.0 Å². The van der Waals surface area contributed by atoms with Crippen LogP contribution in [0.25, 0.3) is 5.69 Å². The zero-order chi connectivity index (χ0) is 25.7. The van der Waals surface area contributed by atoms with E-state index in [0.717, 1.165) is 5.56 Å². The molecule has 0 aliphatic heterocycles. The third kappa shape index (κ3) is 5.92. The average Bonchev–Trinajstić information content (AvgIpc) is 3.28. The van der Waals surface area contributed by atoms with Gasteiger partial charge in [0, 0.05) is 16.8 Å². The molecule has 0 spiro atoms. The summed E-state index contributed by atoms with van der Waals surface area (Å²) < 4.78 is 25.6.